The largest absolute Gasteiger partial charge is 0.460 e. The van der Waals surface area contributed by atoms with E-state index < -0.39 is 28.3 Å². The normalized spacial score (nSPS) is 22.9. The molecule has 1 aliphatic carbocycles. The van der Waals surface area contributed by atoms with Crippen molar-refractivity contribution in [2.24, 2.45) is 5.92 Å². The van der Waals surface area contributed by atoms with Crippen LogP contribution in [-0.2, 0) is 27.5 Å². The predicted molar refractivity (Wildman–Crippen MR) is 93.3 cm³/mol. The smallest absolute Gasteiger partial charge is 0.312 e. The summed E-state index contributed by atoms with van der Waals surface area (Å²) >= 11 is 11.7. The monoisotopic (exact) mass is 396 g/mol. The number of alkyl halides is 2. The average molecular weight is 397 g/mol. The maximum Gasteiger partial charge on any atom is 0.312 e. The molecule has 1 saturated carbocycles. The van der Waals surface area contributed by atoms with E-state index in [2.05, 4.69) is 0 Å². The Morgan fingerprint density at radius 2 is 2.00 bits per heavy atom. The van der Waals surface area contributed by atoms with Gasteiger partial charge in [-0.2, -0.15) is 0 Å². The van der Waals surface area contributed by atoms with Crippen molar-refractivity contribution in [3.8, 4) is 5.75 Å². The molecule has 0 unspecified atom stereocenters. The minimum absolute atomic E-state index is 0.124. The van der Waals surface area contributed by atoms with E-state index in [4.69, 9.17) is 37.4 Å². The fourth-order valence-electron chi connectivity index (χ4n) is 2.88. The molecule has 1 aliphatic heterocycles. The van der Waals surface area contributed by atoms with Crippen molar-refractivity contribution in [3.05, 3.63) is 65.0 Å². The molecule has 0 saturated heterocycles. The van der Waals surface area contributed by atoms with Crippen LogP contribution in [0, 0.1) is 11.7 Å². The van der Waals surface area contributed by atoms with Crippen molar-refractivity contribution in [2.45, 2.75) is 30.3 Å². The van der Waals surface area contributed by atoms with Crippen LogP contribution in [0.4, 0.5) is 4.39 Å². The van der Waals surface area contributed by atoms with E-state index >= 15 is 0 Å². The van der Waals surface area contributed by atoms with Gasteiger partial charge in [-0.15, -0.1) is 23.2 Å². The molecule has 4 nitrogen and oxygen atoms in total. The zero-order chi connectivity index (χ0) is 18.3. The first kappa shape index (κ1) is 17.6. The van der Waals surface area contributed by atoms with E-state index in [1.54, 1.807) is 0 Å². The molecule has 2 aliphatic rings. The van der Waals surface area contributed by atoms with Crippen molar-refractivity contribution in [2.75, 3.05) is 0 Å². The fraction of sp³-hybridized carbons (Fsp3) is 0.316. The summed E-state index contributed by atoms with van der Waals surface area (Å²) in [4.78, 5) is 12.0. The zero-order valence-electron chi connectivity index (χ0n) is 13.6. The van der Waals surface area contributed by atoms with Crippen LogP contribution in [-0.4, -0.2) is 10.3 Å². The Balaban J connectivity index is 1.53. The summed E-state index contributed by atoms with van der Waals surface area (Å²) < 4.78 is 29.7. The highest BCUT2D eigenvalue weighted by molar-refractivity contribution is 6.52. The number of halogens is 3. The van der Waals surface area contributed by atoms with Gasteiger partial charge in [-0.05, 0) is 18.6 Å². The standard InChI is InChI=1S/C19H15Cl2FO4/c20-19(21)8-15(19)17(23)24-9-12-6-14(22)7-13-10-25-18(26-16(12)13)11-4-2-1-3-5-11/h1-7,15,18H,8-10H2/t15-,18+/m0/s1. The lowest BCUT2D eigenvalue weighted by molar-refractivity contribution is -0.146. The number of ether oxygens (including phenoxy) is 3. The van der Waals surface area contributed by atoms with Gasteiger partial charge in [0.25, 0.3) is 0 Å². The molecule has 0 bridgehead atoms. The number of hydrogen-bond donors (Lipinski definition) is 0. The molecule has 2 aromatic carbocycles. The molecule has 2 aromatic rings. The quantitative estimate of drug-likeness (QED) is 0.556. The van der Waals surface area contributed by atoms with Gasteiger partial charge in [-0.1, -0.05) is 30.3 Å². The van der Waals surface area contributed by atoms with E-state index in [0.29, 0.717) is 23.3 Å². The number of benzene rings is 2. The molecule has 0 aromatic heterocycles. The fourth-order valence-corrected chi connectivity index (χ4v) is 3.36. The van der Waals surface area contributed by atoms with E-state index in [1.807, 2.05) is 30.3 Å². The summed E-state index contributed by atoms with van der Waals surface area (Å²) in [7, 11) is 0. The molecule has 7 heteroatoms. The maximum atomic E-state index is 13.9. The van der Waals surface area contributed by atoms with Gasteiger partial charge in [0.05, 0.1) is 12.5 Å². The highest BCUT2D eigenvalue weighted by Gasteiger charge is 2.57. The predicted octanol–water partition coefficient (Wildman–Crippen LogP) is 4.67. The van der Waals surface area contributed by atoms with Crippen LogP contribution in [0.25, 0.3) is 0 Å². The number of fused-ring (bicyclic) bond motifs is 1. The summed E-state index contributed by atoms with van der Waals surface area (Å²) in [6, 6.07) is 12.1. The van der Waals surface area contributed by atoms with Crippen LogP contribution in [0.1, 0.15) is 29.4 Å². The van der Waals surface area contributed by atoms with Crippen LogP contribution < -0.4 is 4.74 Å². The molecule has 0 spiro atoms. The van der Waals surface area contributed by atoms with Crippen LogP contribution in [0.5, 0.6) is 5.75 Å². The lowest BCUT2D eigenvalue weighted by atomic mass is 10.1. The highest BCUT2D eigenvalue weighted by Crippen LogP contribution is 2.53. The Labute approximate surface area is 159 Å². The number of carbonyl (C=O) groups is 1. The van der Waals surface area contributed by atoms with Gasteiger partial charge in [0.1, 0.15) is 22.5 Å². The first-order valence-corrected chi connectivity index (χ1v) is 8.88. The second kappa shape index (κ2) is 6.72. The van der Waals surface area contributed by atoms with E-state index in [1.165, 1.54) is 12.1 Å². The van der Waals surface area contributed by atoms with Gasteiger partial charge in [-0.3, -0.25) is 4.79 Å². The molecular weight excluding hydrogens is 382 g/mol. The van der Waals surface area contributed by atoms with E-state index in [0.717, 1.165) is 5.56 Å². The van der Waals surface area contributed by atoms with Gasteiger partial charge in [-0.25, -0.2) is 4.39 Å². The summed E-state index contributed by atoms with van der Waals surface area (Å²) in [6.45, 7) is 0.0729. The van der Waals surface area contributed by atoms with E-state index in [9.17, 15) is 9.18 Å². The molecule has 2 atom stereocenters. The Hall–Kier alpha value is -1.82. The third-order valence-corrected chi connectivity index (χ3v) is 5.21. The molecule has 4 rings (SSSR count). The van der Waals surface area contributed by atoms with Crippen molar-refractivity contribution >= 4 is 29.2 Å². The van der Waals surface area contributed by atoms with Crippen molar-refractivity contribution < 1.29 is 23.4 Å². The van der Waals surface area contributed by atoms with Crippen molar-refractivity contribution in [1.82, 2.24) is 0 Å². The number of rotatable bonds is 4. The Morgan fingerprint density at radius 3 is 2.69 bits per heavy atom. The lowest BCUT2D eigenvalue weighted by Crippen LogP contribution is -2.20. The van der Waals surface area contributed by atoms with Gasteiger partial charge in [0.2, 0.25) is 6.29 Å². The molecule has 0 radical (unpaired) electrons. The number of carbonyl (C=O) groups excluding carboxylic acids is 1. The van der Waals surface area contributed by atoms with Crippen LogP contribution in [0.2, 0.25) is 0 Å². The first-order chi connectivity index (χ1) is 12.4. The second-order valence-corrected chi connectivity index (χ2v) is 7.89. The van der Waals surface area contributed by atoms with Crippen LogP contribution in [0.15, 0.2) is 42.5 Å². The average Bonchev–Trinajstić information content (AvgIpc) is 3.28. The zero-order valence-corrected chi connectivity index (χ0v) is 15.1. The van der Waals surface area contributed by atoms with Gasteiger partial charge in [0, 0.05) is 16.7 Å². The second-order valence-electron chi connectivity index (χ2n) is 6.35. The van der Waals surface area contributed by atoms with Crippen LogP contribution >= 0.6 is 23.2 Å². The number of hydrogen-bond acceptors (Lipinski definition) is 4. The SMILES string of the molecule is O=C(OCc1cc(F)cc2c1O[C@H](c1ccccc1)OC2)[C@@H]1CC1(Cl)Cl. The van der Waals surface area contributed by atoms with E-state index in [-0.39, 0.29) is 13.2 Å². The minimum atomic E-state index is -1.05. The molecule has 0 N–H and O–H groups in total. The molecular formula is C19H15Cl2FO4. The maximum absolute atomic E-state index is 13.9. The summed E-state index contributed by atoms with van der Waals surface area (Å²) in [5.41, 5.74) is 1.85. The molecule has 136 valence electrons. The highest BCUT2D eigenvalue weighted by atomic mass is 35.5. The van der Waals surface area contributed by atoms with Gasteiger partial charge in [0.15, 0.2) is 0 Å². The molecule has 1 heterocycles. The lowest BCUT2D eigenvalue weighted by Gasteiger charge is -2.28. The van der Waals surface area contributed by atoms with Crippen molar-refractivity contribution in [3.63, 3.8) is 0 Å². The van der Waals surface area contributed by atoms with Crippen LogP contribution in [0.3, 0.4) is 0 Å². The molecule has 1 fully saturated rings. The summed E-state index contributed by atoms with van der Waals surface area (Å²) in [6.07, 6.45) is -0.248. The van der Waals surface area contributed by atoms with Crippen molar-refractivity contribution in [1.29, 1.82) is 0 Å². The Kier molecular flexibility index (Phi) is 4.55. The Bertz CT molecular complexity index is 841. The summed E-state index contributed by atoms with van der Waals surface area (Å²) in [5.74, 6) is -1.02. The Morgan fingerprint density at radius 1 is 1.27 bits per heavy atom. The topological polar surface area (TPSA) is 44.8 Å². The number of esters is 1. The molecule has 0 amide bonds. The summed E-state index contributed by atoms with van der Waals surface area (Å²) in [5, 5.41) is 0. The third-order valence-electron chi connectivity index (χ3n) is 4.37. The molecule has 26 heavy (non-hydrogen) atoms. The minimum Gasteiger partial charge on any atom is -0.460 e. The van der Waals surface area contributed by atoms with Gasteiger partial charge >= 0.3 is 5.97 Å². The third kappa shape index (κ3) is 3.52. The first-order valence-electron chi connectivity index (χ1n) is 8.13. The van der Waals surface area contributed by atoms with Gasteiger partial charge < -0.3 is 14.2 Å².